The van der Waals surface area contributed by atoms with Gasteiger partial charge < -0.3 is 9.47 Å². The Morgan fingerprint density at radius 3 is 2.37 bits per heavy atom. The third-order valence-electron chi connectivity index (χ3n) is 4.38. The second kappa shape index (κ2) is 7.31. The fourth-order valence-corrected chi connectivity index (χ4v) is 3.17. The van der Waals surface area contributed by atoms with Crippen LogP contribution in [0.1, 0.15) is 37.8 Å². The molecule has 1 aromatic heterocycles. The first-order chi connectivity index (χ1) is 12.8. The molecule has 0 radical (unpaired) electrons. The summed E-state index contributed by atoms with van der Waals surface area (Å²) < 4.78 is 12.4. The molecule has 1 heterocycles. The number of hydrogen-bond acceptors (Lipinski definition) is 3. The fraction of sp³-hybridized carbons (Fsp3) is 0.261. The zero-order chi connectivity index (χ0) is 19.6. The summed E-state index contributed by atoms with van der Waals surface area (Å²) in [4.78, 5) is 12.7. The molecule has 0 aliphatic rings. The Hall–Kier alpha value is -3.01. The highest BCUT2D eigenvalue weighted by atomic mass is 16.6. The highest BCUT2D eigenvalue weighted by Crippen LogP contribution is 2.34. The summed E-state index contributed by atoms with van der Waals surface area (Å²) in [6, 6.07) is 15.7. The minimum absolute atomic E-state index is 0.0514. The average Bonchev–Trinajstić information content (AvgIpc) is 3.01. The second-order valence-electron chi connectivity index (χ2n) is 7.44. The predicted molar refractivity (Wildman–Crippen MR) is 109 cm³/mol. The van der Waals surface area contributed by atoms with Gasteiger partial charge in [-0.05, 0) is 50.1 Å². The van der Waals surface area contributed by atoms with E-state index in [-0.39, 0.29) is 12.0 Å². The van der Waals surface area contributed by atoms with E-state index in [0.29, 0.717) is 0 Å². The number of aromatic nitrogens is 1. The van der Waals surface area contributed by atoms with Gasteiger partial charge in [-0.15, -0.1) is 6.58 Å². The van der Waals surface area contributed by atoms with Crippen LogP contribution >= 0.6 is 0 Å². The molecule has 1 atom stereocenters. The van der Waals surface area contributed by atoms with Crippen molar-refractivity contribution in [3.63, 3.8) is 0 Å². The van der Waals surface area contributed by atoms with E-state index in [2.05, 4.69) is 6.58 Å². The van der Waals surface area contributed by atoms with Crippen LogP contribution in [-0.4, -0.2) is 23.4 Å². The molecule has 0 bridgehead atoms. The van der Waals surface area contributed by atoms with Crippen LogP contribution in [0.25, 0.3) is 10.9 Å². The van der Waals surface area contributed by atoms with Crippen molar-refractivity contribution in [3.05, 3.63) is 78.5 Å². The third-order valence-corrected chi connectivity index (χ3v) is 4.38. The highest BCUT2D eigenvalue weighted by molar-refractivity contribution is 5.92. The number of methoxy groups -OCH3 is 1. The number of carbonyl (C=O) groups excluding carboxylic acids is 1. The zero-order valence-corrected chi connectivity index (χ0v) is 16.2. The molecule has 0 aliphatic heterocycles. The lowest BCUT2D eigenvalue weighted by Crippen LogP contribution is -2.26. The number of fused-ring (bicyclic) bond motifs is 1. The van der Waals surface area contributed by atoms with Gasteiger partial charge in [-0.2, -0.15) is 0 Å². The van der Waals surface area contributed by atoms with E-state index >= 15 is 0 Å². The molecule has 140 valence electrons. The van der Waals surface area contributed by atoms with E-state index in [1.165, 1.54) is 0 Å². The highest BCUT2D eigenvalue weighted by Gasteiger charge is 2.23. The summed E-state index contributed by atoms with van der Waals surface area (Å²) in [5, 5.41) is 1.00. The van der Waals surface area contributed by atoms with Crippen LogP contribution < -0.4 is 4.74 Å². The fourth-order valence-electron chi connectivity index (χ4n) is 3.17. The van der Waals surface area contributed by atoms with Gasteiger partial charge in [0.05, 0.1) is 12.6 Å². The number of carbonyl (C=O) groups is 1. The molecule has 3 aromatic rings. The van der Waals surface area contributed by atoms with Crippen LogP contribution in [0.4, 0.5) is 4.79 Å². The van der Waals surface area contributed by atoms with Crippen LogP contribution in [0.3, 0.4) is 0 Å². The molecule has 27 heavy (non-hydrogen) atoms. The van der Waals surface area contributed by atoms with Gasteiger partial charge in [-0.25, -0.2) is 4.79 Å². The van der Waals surface area contributed by atoms with Gasteiger partial charge in [0.2, 0.25) is 0 Å². The van der Waals surface area contributed by atoms with E-state index in [4.69, 9.17) is 9.47 Å². The van der Waals surface area contributed by atoms with Crippen molar-refractivity contribution in [2.24, 2.45) is 0 Å². The lowest BCUT2D eigenvalue weighted by molar-refractivity contribution is 0.0544. The van der Waals surface area contributed by atoms with Crippen LogP contribution in [0.15, 0.2) is 67.4 Å². The number of nitrogens with zero attached hydrogens (tertiary/aromatic N) is 1. The van der Waals surface area contributed by atoms with Crippen LogP contribution in [0.5, 0.6) is 5.75 Å². The van der Waals surface area contributed by atoms with Crippen LogP contribution in [0, 0.1) is 0 Å². The van der Waals surface area contributed by atoms with E-state index in [1.54, 1.807) is 11.7 Å². The molecule has 4 heteroatoms. The molecule has 0 aliphatic carbocycles. The lowest BCUT2D eigenvalue weighted by Gasteiger charge is -2.19. The molecular formula is C23H25NO3. The number of ether oxygens (including phenoxy) is 2. The van der Waals surface area contributed by atoms with E-state index in [9.17, 15) is 4.79 Å². The SMILES string of the molecule is C=CC(c1ccc(OC)cc1)c1cn(C(=O)OC(C)(C)C)c2ccccc12. The van der Waals surface area contributed by atoms with Gasteiger partial charge in [-0.1, -0.05) is 36.4 Å². The van der Waals surface area contributed by atoms with Gasteiger partial charge in [0.25, 0.3) is 0 Å². The van der Waals surface area contributed by atoms with Gasteiger partial charge in [0, 0.05) is 17.5 Å². The minimum atomic E-state index is -0.559. The van der Waals surface area contributed by atoms with Crippen molar-refractivity contribution in [2.75, 3.05) is 7.11 Å². The first-order valence-electron chi connectivity index (χ1n) is 8.94. The smallest absolute Gasteiger partial charge is 0.419 e. The van der Waals surface area contributed by atoms with Crippen molar-refractivity contribution < 1.29 is 14.3 Å². The first kappa shape index (κ1) is 18.8. The molecule has 4 nitrogen and oxygen atoms in total. The maximum atomic E-state index is 12.7. The van der Waals surface area contributed by atoms with E-state index in [1.807, 2.05) is 81.6 Å². The molecule has 0 fully saturated rings. The molecule has 2 aromatic carbocycles. The number of rotatable bonds is 4. The topological polar surface area (TPSA) is 40.5 Å². The number of hydrogen-bond donors (Lipinski definition) is 0. The summed E-state index contributed by atoms with van der Waals surface area (Å²) >= 11 is 0. The van der Waals surface area contributed by atoms with Crippen molar-refractivity contribution in [1.29, 1.82) is 0 Å². The normalized spacial score (nSPS) is 12.6. The molecule has 0 spiro atoms. The number of allylic oxidation sites excluding steroid dienone is 1. The molecule has 0 saturated carbocycles. The van der Waals surface area contributed by atoms with Gasteiger partial charge in [0.15, 0.2) is 0 Å². The quantitative estimate of drug-likeness (QED) is 0.554. The second-order valence-corrected chi connectivity index (χ2v) is 7.44. The third kappa shape index (κ3) is 3.90. The minimum Gasteiger partial charge on any atom is -0.497 e. The molecule has 0 amide bonds. The molecule has 3 rings (SSSR count). The first-order valence-corrected chi connectivity index (χ1v) is 8.94. The molecular weight excluding hydrogens is 338 g/mol. The average molecular weight is 363 g/mol. The van der Waals surface area contributed by atoms with Gasteiger partial charge >= 0.3 is 6.09 Å². The Morgan fingerprint density at radius 1 is 1.11 bits per heavy atom. The lowest BCUT2D eigenvalue weighted by atomic mass is 9.91. The monoisotopic (exact) mass is 363 g/mol. The summed E-state index contributed by atoms with van der Waals surface area (Å²) in [6.45, 7) is 9.61. The Bertz CT molecular complexity index is 961. The van der Waals surface area contributed by atoms with E-state index in [0.717, 1.165) is 27.8 Å². The Labute approximate surface area is 160 Å². The maximum absolute atomic E-state index is 12.7. The molecule has 0 N–H and O–H groups in total. The van der Waals surface area contributed by atoms with Crippen molar-refractivity contribution in [3.8, 4) is 5.75 Å². The predicted octanol–water partition coefficient (Wildman–Crippen LogP) is 5.75. The van der Waals surface area contributed by atoms with Crippen molar-refractivity contribution >= 4 is 17.0 Å². The van der Waals surface area contributed by atoms with Crippen molar-refractivity contribution in [1.82, 2.24) is 4.57 Å². The van der Waals surface area contributed by atoms with Gasteiger partial charge in [-0.3, -0.25) is 4.57 Å². The molecule has 0 saturated heterocycles. The summed E-state index contributed by atoms with van der Waals surface area (Å²) in [5.74, 6) is 0.752. The van der Waals surface area contributed by atoms with Gasteiger partial charge in [0.1, 0.15) is 11.4 Å². The Kier molecular flexibility index (Phi) is 5.08. The summed E-state index contributed by atoms with van der Waals surface area (Å²) in [6.07, 6.45) is 3.36. The van der Waals surface area contributed by atoms with E-state index < -0.39 is 5.60 Å². The van der Waals surface area contributed by atoms with Crippen LogP contribution in [-0.2, 0) is 4.74 Å². The maximum Gasteiger partial charge on any atom is 0.419 e. The standard InChI is InChI=1S/C23H25NO3/c1-6-18(16-11-13-17(26-5)14-12-16)20-15-24(22(25)27-23(2,3)4)21-10-8-7-9-19(20)21/h6-15,18H,1H2,2-5H3. The number of para-hydroxylation sites is 1. The summed E-state index contributed by atoms with van der Waals surface area (Å²) in [7, 11) is 1.65. The Balaban J connectivity index is 2.10. The number of benzene rings is 2. The Morgan fingerprint density at radius 2 is 1.78 bits per heavy atom. The largest absolute Gasteiger partial charge is 0.497 e. The summed E-state index contributed by atoms with van der Waals surface area (Å²) in [5.41, 5.74) is 2.35. The molecule has 1 unspecified atom stereocenters. The van der Waals surface area contributed by atoms with Crippen molar-refractivity contribution in [2.45, 2.75) is 32.3 Å². The zero-order valence-electron chi connectivity index (χ0n) is 16.2. The van der Waals surface area contributed by atoms with Crippen LogP contribution in [0.2, 0.25) is 0 Å².